The van der Waals surface area contributed by atoms with Crippen molar-refractivity contribution in [3.63, 3.8) is 0 Å². The van der Waals surface area contributed by atoms with Crippen molar-refractivity contribution >= 4 is 24.9 Å². The zero-order valence-corrected chi connectivity index (χ0v) is 9.46. The molecule has 0 heterocycles. The molecule has 16 heavy (non-hydrogen) atoms. The summed E-state index contributed by atoms with van der Waals surface area (Å²) in [5.74, 6) is 0.733. The Morgan fingerprint density at radius 1 is 1.06 bits per heavy atom. The molecule has 0 unspecified atom stereocenters. The molecular weight excluding hydrogens is 225 g/mol. The molecule has 0 saturated carbocycles. The third kappa shape index (κ3) is 2.55. The van der Waals surface area contributed by atoms with Gasteiger partial charge in [0, 0.05) is 11.1 Å². The van der Waals surface area contributed by atoms with E-state index in [9.17, 15) is 4.39 Å². The number of hydrogen-bond acceptors (Lipinski definition) is 1. The van der Waals surface area contributed by atoms with Crippen LogP contribution in [0.3, 0.4) is 0 Å². The summed E-state index contributed by atoms with van der Waals surface area (Å²) >= 11 is 5.96. The Morgan fingerprint density at radius 3 is 2.50 bits per heavy atom. The molecule has 0 spiro atoms. The molecule has 0 atom stereocenters. The Morgan fingerprint density at radius 2 is 1.81 bits per heavy atom. The van der Waals surface area contributed by atoms with E-state index in [0.717, 1.165) is 5.46 Å². The van der Waals surface area contributed by atoms with Crippen molar-refractivity contribution in [3.8, 4) is 11.5 Å². The molecule has 0 aromatic heterocycles. The summed E-state index contributed by atoms with van der Waals surface area (Å²) in [6.45, 7) is 0. The first kappa shape index (κ1) is 11.0. The van der Waals surface area contributed by atoms with Crippen LogP contribution in [0.4, 0.5) is 4.39 Å². The molecule has 0 saturated heterocycles. The van der Waals surface area contributed by atoms with Gasteiger partial charge in [0.05, 0.1) is 0 Å². The van der Waals surface area contributed by atoms with E-state index in [2.05, 4.69) is 0 Å². The second-order valence-electron chi connectivity index (χ2n) is 3.47. The highest BCUT2D eigenvalue weighted by Gasteiger charge is 2.01. The van der Waals surface area contributed by atoms with Gasteiger partial charge in [-0.25, -0.2) is 4.39 Å². The minimum absolute atomic E-state index is 0.323. The minimum atomic E-state index is -0.323. The SMILES string of the molecule is Bc1ccc(Oc2cccc(F)c2)cc1Cl. The summed E-state index contributed by atoms with van der Waals surface area (Å²) in [5.41, 5.74) is 0.980. The van der Waals surface area contributed by atoms with Gasteiger partial charge in [0.15, 0.2) is 0 Å². The standard InChI is InChI=1S/C12H9BClFO/c13-11-5-4-10(7-12(11)14)16-9-3-1-2-8(15)6-9/h1-7H,13H2. The normalized spacial score (nSPS) is 10.1. The van der Waals surface area contributed by atoms with Crippen molar-refractivity contribution in [1.82, 2.24) is 0 Å². The number of ether oxygens (including phenoxy) is 1. The van der Waals surface area contributed by atoms with Crippen molar-refractivity contribution < 1.29 is 9.13 Å². The van der Waals surface area contributed by atoms with Crippen molar-refractivity contribution in [2.45, 2.75) is 0 Å². The van der Waals surface area contributed by atoms with Crippen LogP contribution < -0.4 is 10.2 Å². The van der Waals surface area contributed by atoms with E-state index in [4.69, 9.17) is 16.3 Å². The second kappa shape index (κ2) is 4.58. The largest absolute Gasteiger partial charge is 0.457 e. The first-order valence-electron chi connectivity index (χ1n) is 4.85. The first-order valence-corrected chi connectivity index (χ1v) is 5.22. The summed E-state index contributed by atoms with van der Waals surface area (Å²) in [6.07, 6.45) is 0. The third-order valence-electron chi connectivity index (χ3n) is 2.18. The van der Waals surface area contributed by atoms with Gasteiger partial charge < -0.3 is 4.74 Å². The summed E-state index contributed by atoms with van der Waals surface area (Å²) in [5, 5.41) is 0.633. The molecule has 2 aromatic carbocycles. The molecule has 0 aliphatic heterocycles. The second-order valence-corrected chi connectivity index (χ2v) is 3.88. The highest BCUT2D eigenvalue weighted by atomic mass is 35.5. The lowest BCUT2D eigenvalue weighted by Gasteiger charge is -2.07. The Labute approximate surface area is 99.2 Å². The lowest BCUT2D eigenvalue weighted by Crippen LogP contribution is -2.02. The Hall–Kier alpha value is -1.48. The van der Waals surface area contributed by atoms with Crippen molar-refractivity contribution in [1.29, 1.82) is 0 Å². The number of rotatable bonds is 2. The Balaban J connectivity index is 2.24. The lowest BCUT2D eigenvalue weighted by atomic mass is 9.96. The van der Waals surface area contributed by atoms with Crippen molar-refractivity contribution in [2.24, 2.45) is 0 Å². The predicted octanol–water partition coefficient (Wildman–Crippen LogP) is 2.53. The molecule has 4 heteroatoms. The van der Waals surface area contributed by atoms with Gasteiger partial charge in [0.1, 0.15) is 25.2 Å². The first-order chi connectivity index (χ1) is 7.65. The number of halogens is 2. The molecule has 1 nitrogen and oxygen atoms in total. The van der Waals surface area contributed by atoms with Gasteiger partial charge in [0.2, 0.25) is 0 Å². The summed E-state index contributed by atoms with van der Waals surface area (Å²) in [6, 6.07) is 11.4. The molecule has 2 aromatic rings. The van der Waals surface area contributed by atoms with Crippen LogP contribution in [-0.2, 0) is 0 Å². The van der Waals surface area contributed by atoms with E-state index in [-0.39, 0.29) is 5.82 Å². The quantitative estimate of drug-likeness (QED) is 0.726. The summed E-state index contributed by atoms with van der Waals surface area (Å²) in [4.78, 5) is 0. The number of hydrogen-bond donors (Lipinski definition) is 0. The molecule has 0 fully saturated rings. The van der Waals surface area contributed by atoms with E-state index in [1.54, 1.807) is 24.3 Å². The molecular formula is C12H9BClFO. The fourth-order valence-electron chi connectivity index (χ4n) is 1.30. The summed E-state index contributed by atoms with van der Waals surface area (Å²) in [7, 11) is 1.91. The summed E-state index contributed by atoms with van der Waals surface area (Å²) < 4.78 is 18.4. The van der Waals surface area contributed by atoms with Gasteiger partial charge in [-0.1, -0.05) is 29.2 Å². The van der Waals surface area contributed by atoms with Crippen LogP contribution in [-0.4, -0.2) is 7.85 Å². The monoisotopic (exact) mass is 234 g/mol. The van der Waals surface area contributed by atoms with Crippen LogP contribution in [0.15, 0.2) is 42.5 Å². The average molecular weight is 234 g/mol. The van der Waals surface area contributed by atoms with Crippen LogP contribution in [0.1, 0.15) is 0 Å². The topological polar surface area (TPSA) is 9.23 Å². The zero-order chi connectivity index (χ0) is 11.5. The molecule has 0 bridgehead atoms. The Kier molecular flexibility index (Phi) is 3.16. The molecule has 0 N–H and O–H groups in total. The van der Waals surface area contributed by atoms with Crippen LogP contribution in [0.25, 0.3) is 0 Å². The van der Waals surface area contributed by atoms with E-state index < -0.39 is 0 Å². The smallest absolute Gasteiger partial charge is 0.141 e. The molecule has 0 amide bonds. The fraction of sp³-hybridized carbons (Fsp3) is 0. The van der Waals surface area contributed by atoms with E-state index in [1.165, 1.54) is 12.1 Å². The van der Waals surface area contributed by atoms with Crippen molar-refractivity contribution in [2.75, 3.05) is 0 Å². The van der Waals surface area contributed by atoms with Crippen LogP contribution in [0.2, 0.25) is 5.02 Å². The molecule has 80 valence electrons. The van der Waals surface area contributed by atoms with E-state index >= 15 is 0 Å². The van der Waals surface area contributed by atoms with E-state index in [0.29, 0.717) is 16.5 Å². The van der Waals surface area contributed by atoms with Gasteiger partial charge in [-0.2, -0.15) is 0 Å². The van der Waals surface area contributed by atoms with Crippen LogP contribution >= 0.6 is 11.6 Å². The van der Waals surface area contributed by atoms with Gasteiger partial charge in [-0.3, -0.25) is 0 Å². The lowest BCUT2D eigenvalue weighted by molar-refractivity contribution is 0.477. The zero-order valence-electron chi connectivity index (χ0n) is 8.71. The van der Waals surface area contributed by atoms with Crippen LogP contribution in [0, 0.1) is 5.82 Å². The Bertz CT molecular complexity index is 516. The molecule has 0 aliphatic rings. The van der Waals surface area contributed by atoms with Crippen molar-refractivity contribution in [3.05, 3.63) is 53.3 Å². The maximum Gasteiger partial charge on any atom is 0.141 e. The van der Waals surface area contributed by atoms with Gasteiger partial charge in [-0.15, -0.1) is 0 Å². The minimum Gasteiger partial charge on any atom is -0.457 e. The molecule has 0 radical (unpaired) electrons. The maximum atomic E-state index is 12.9. The molecule has 2 rings (SSSR count). The van der Waals surface area contributed by atoms with Gasteiger partial charge >= 0.3 is 0 Å². The highest BCUT2D eigenvalue weighted by molar-refractivity contribution is 6.45. The van der Waals surface area contributed by atoms with Gasteiger partial charge in [-0.05, 0) is 24.3 Å². The highest BCUT2D eigenvalue weighted by Crippen LogP contribution is 2.23. The maximum absolute atomic E-state index is 12.9. The predicted molar refractivity (Wildman–Crippen MR) is 66.1 cm³/mol. The van der Waals surface area contributed by atoms with E-state index in [1.807, 2.05) is 13.9 Å². The van der Waals surface area contributed by atoms with Crippen LogP contribution in [0.5, 0.6) is 11.5 Å². The molecule has 0 aliphatic carbocycles. The third-order valence-corrected chi connectivity index (χ3v) is 2.58. The number of benzene rings is 2. The average Bonchev–Trinajstić information content (AvgIpc) is 2.24. The fourth-order valence-corrected chi connectivity index (χ4v) is 1.47. The van der Waals surface area contributed by atoms with Gasteiger partial charge in [0.25, 0.3) is 0 Å².